The van der Waals surface area contributed by atoms with E-state index in [-0.39, 0.29) is 55.8 Å². The Morgan fingerprint density at radius 3 is 1.30 bits per heavy atom. The zero-order valence-corrected chi connectivity index (χ0v) is 35.2. The summed E-state index contributed by atoms with van der Waals surface area (Å²) in [5, 5.41) is 0. The van der Waals surface area contributed by atoms with Gasteiger partial charge < -0.3 is 23.7 Å². The summed E-state index contributed by atoms with van der Waals surface area (Å²) in [6.45, 7) is 10.2. The van der Waals surface area contributed by atoms with Gasteiger partial charge in [0, 0.05) is 32.8 Å². The molecule has 0 bridgehead atoms. The lowest BCUT2D eigenvalue weighted by Crippen LogP contribution is -2.31. The first-order chi connectivity index (χ1) is 25.5. The van der Waals surface area contributed by atoms with E-state index in [0.717, 1.165) is 38.5 Å². The van der Waals surface area contributed by atoms with Crippen LogP contribution in [0.2, 0.25) is 0 Å². The van der Waals surface area contributed by atoms with Crippen molar-refractivity contribution >= 4 is 23.7 Å². The van der Waals surface area contributed by atoms with Crippen molar-refractivity contribution in [2.45, 2.75) is 232 Å². The first-order valence-electron chi connectivity index (χ1n) is 21.7. The standard InChI is InChI=1S/C44H82O9/c1-7-9-11-13-15-17-19-21-23-25-27-31-41(46)51-36-39(53-43(48)32-28-26-24-22-20-18-16-14-12-10-8-2)37-52-42(47)33-29-30-40(45)38(3)50-35-34-44(4,5)49-6/h38-39H,7-37H2,1-6H3. The largest absolute Gasteiger partial charge is 0.462 e. The normalized spacial score (nSPS) is 12.7. The van der Waals surface area contributed by atoms with E-state index in [1.165, 1.54) is 103 Å². The van der Waals surface area contributed by atoms with Gasteiger partial charge in [0.1, 0.15) is 19.3 Å². The minimum atomic E-state index is -0.869. The number of hydrogen-bond donors (Lipinski definition) is 0. The maximum atomic E-state index is 12.7. The second-order valence-electron chi connectivity index (χ2n) is 15.6. The third-order valence-corrected chi connectivity index (χ3v) is 10.0. The molecular weight excluding hydrogens is 672 g/mol. The molecule has 9 heteroatoms. The molecule has 312 valence electrons. The van der Waals surface area contributed by atoms with E-state index in [1.807, 2.05) is 13.8 Å². The average molecular weight is 755 g/mol. The molecule has 0 aromatic heterocycles. The molecule has 0 aliphatic heterocycles. The van der Waals surface area contributed by atoms with E-state index < -0.39 is 18.2 Å². The van der Waals surface area contributed by atoms with Crippen LogP contribution in [0.25, 0.3) is 0 Å². The Labute approximate surface area is 325 Å². The topological polar surface area (TPSA) is 114 Å². The van der Waals surface area contributed by atoms with E-state index in [1.54, 1.807) is 14.0 Å². The summed E-state index contributed by atoms with van der Waals surface area (Å²) < 4.78 is 27.5. The van der Waals surface area contributed by atoms with Crippen molar-refractivity contribution in [3.8, 4) is 0 Å². The Bertz CT molecular complexity index is 903. The van der Waals surface area contributed by atoms with Crippen LogP contribution in [0.1, 0.15) is 214 Å². The number of hydrogen-bond acceptors (Lipinski definition) is 9. The van der Waals surface area contributed by atoms with E-state index in [0.29, 0.717) is 25.9 Å². The smallest absolute Gasteiger partial charge is 0.306 e. The van der Waals surface area contributed by atoms with Crippen LogP contribution in [0.15, 0.2) is 0 Å². The molecule has 0 radical (unpaired) electrons. The van der Waals surface area contributed by atoms with Crippen molar-refractivity contribution in [3.63, 3.8) is 0 Å². The Kier molecular flexibility index (Phi) is 34.3. The maximum absolute atomic E-state index is 12.7. The summed E-state index contributed by atoms with van der Waals surface area (Å²) in [6.07, 6.45) is 26.6. The number of esters is 3. The minimum Gasteiger partial charge on any atom is -0.462 e. The van der Waals surface area contributed by atoms with Crippen LogP contribution in [0, 0.1) is 0 Å². The van der Waals surface area contributed by atoms with Gasteiger partial charge >= 0.3 is 17.9 Å². The SMILES string of the molecule is CCCCCCCCCCCCCC(=O)OCC(COC(=O)CCCC(=O)C(C)OCCC(C)(C)OC)OC(=O)CCCCCCCCCCCCC. The number of carbonyl (C=O) groups is 4. The Hall–Kier alpha value is -2.00. The molecule has 0 saturated heterocycles. The highest BCUT2D eigenvalue weighted by Crippen LogP contribution is 2.16. The van der Waals surface area contributed by atoms with Crippen LogP contribution in [-0.4, -0.2) is 68.4 Å². The van der Waals surface area contributed by atoms with Crippen molar-refractivity contribution < 1.29 is 42.9 Å². The van der Waals surface area contributed by atoms with Crippen molar-refractivity contribution in [1.82, 2.24) is 0 Å². The number of Topliss-reactive ketones (excluding diaryl/α,β-unsaturated/α-hetero) is 1. The van der Waals surface area contributed by atoms with Gasteiger partial charge in [0.05, 0.1) is 12.2 Å². The van der Waals surface area contributed by atoms with Gasteiger partial charge in [-0.15, -0.1) is 0 Å². The van der Waals surface area contributed by atoms with Gasteiger partial charge in [0.2, 0.25) is 0 Å². The van der Waals surface area contributed by atoms with Crippen LogP contribution < -0.4 is 0 Å². The number of carbonyl (C=O) groups excluding carboxylic acids is 4. The van der Waals surface area contributed by atoms with Crippen LogP contribution in [0.4, 0.5) is 0 Å². The van der Waals surface area contributed by atoms with E-state index >= 15 is 0 Å². The van der Waals surface area contributed by atoms with E-state index in [4.69, 9.17) is 23.7 Å². The van der Waals surface area contributed by atoms with E-state index in [2.05, 4.69) is 13.8 Å². The fraction of sp³-hybridized carbons (Fsp3) is 0.909. The quantitative estimate of drug-likeness (QED) is 0.0343. The highest BCUT2D eigenvalue weighted by atomic mass is 16.6. The Morgan fingerprint density at radius 2 is 0.887 bits per heavy atom. The van der Waals surface area contributed by atoms with Gasteiger partial charge in [0.15, 0.2) is 11.9 Å². The minimum absolute atomic E-state index is 0.0488. The monoisotopic (exact) mass is 755 g/mol. The van der Waals surface area contributed by atoms with Gasteiger partial charge in [-0.1, -0.05) is 142 Å². The predicted molar refractivity (Wildman–Crippen MR) is 214 cm³/mol. The molecule has 0 spiro atoms. The van der Waals surface area contributed by atoms with Crippen LogP contribution >= 0.6 is 0 Å². The highest BCUT2D eigenvalue weighted by molar-refractivity contribution is 5.83. The lowest BCUT2D eigenvalue weighted by atomic mass is 10.1. The van der Waals surface area contributed by atoms with Crippen LogP contribution in [-0.2, 0) is 42.9 Å². The number of methoxy groups -OCH3 is 1. The summed E-state index contributed by atoms with van der Waals surface area (Å²) >= 11 is 0. The summed E-state index contributed by atoms with van der Waals surface area (Å²) in [4.78, 5) is 50.2. The molecule has 0 aromatic rings. The maximum Gasteiger partial charge on any atom is 0.306 e. The summed E-state index contributed by atoms with van der Waals surface area (Å²) in [5.74, 6) is -1.28. The molecule has 0 amide bonds. The van der Waals surface area contributed by atoms with Gasteiger partial charge in [-0.05, 0) is 46.5 Å². The number of ketones is 1. The third-order valence-electron chi connectivity index (χ3n) is 10.0. The van der Waals surface area contributed by atoms with Gasteiger partial charge in [0.25, 0.3) is 0 Å². The first-order valence-corrected chi connectivity index (χ1v) is 21.7. The van der Waals surface area contributed by atoms with Gasteiger partial charge in [-0.2, -0.15) is 0 Å². The van der Waals surface area contributed by atoms with Crippen molar-refractivity contribution in [1.29, 1.82) is 0 Å². The molecule has 0 saturated carbocycles. The summed E-state index contributed by atoms with van der Waals surface area (Å²) in [7, 11) is 1.65. The Morgan fingerprint density at radius 1 is 0.509 bits per heavy atom. The molecule has 0 N–H and O–H groups in total. The number of ether oxygens (including phenoxy) is 5. The van der Waals surface area contributed by atoms with Crippen molar-refractivity contribution in [3.05, 3.63) is 0 Å². The summed E-state index contributed by atoms with van der Waals surface area (Å²) in [5.41, 5.74) is -0.323. The third kappa shape index (κ3) is 34.2. The van der Waals surface area contributed by atoms with Crippen molar-refractivity contribution in [2.24, 2.45) is 0 Å². The highest BCUT2D eigenvalue weighted by Gasteiger charge is 2.21. The van der Waals surface area contributed by atoms with Gasteiger partial charge in [-0.25, -0.2) is 0 Å². The van der Waals surface area contributed by atoms with Gasteiger partial charge in [-0.3, -0.25) is 19.2 Å². The fourth-order valence-corrected chi connectivity index (χ4v) is 6.03. The fourth-order valence-electron chi connectivity index (χ4n) is 6.03. The van der Waals surface area contributed by atoms with Crippen molar-refractivity contribution in [2.75, 3.05) is 26.9 Å². The molecule has 0 aromatic carbocycles. The molecule has 0 rings (SSSR count). The van der Waals surface area contributed by atoms with Crippen LogP contribution in [0.3, 0.4) is 0 Å². The first kappa shape index (κ1) is 51.0. The zero-order valence-electron chi connectivity index (χ0n) is 35.2. The van der Waals surface area contributed by atoms with Crippen LogP contribution in [0.5, 0.6) is 0 Å². The number of unbranched alkanes of at least 4 members (excludes halogenated alkanes) is 20. The molecule has 0 aliphatic carbocycles. The van der Waals surface area contributed by atoms with E-state index in [9.17, 15) is 19.2 Å². The molecule has 9 nitrogen and oxygen atoms in total. The molecule has 0 aliphatic rings. The second kappa shape index (κ2) is 35.7. The Balaban J connectivity index is 4.56. The molecular formula is C44H82O9. The molecule has 2 atom stereocenters. The molecule has 0 heterocycles. The average Bonchev–Trinajstić information content (AvgIpc) is 3.13. The molecule has 0 fully saturated rings. The number of rotatable bonds is 39. The lowest BCUT2D eigenvalue weighted by molar-refractivity contribution is -0.167. The lowest BCUT2D eigenvalue weighted by Gasteiger charge is -2.23. The molecule has 53 heavy (non-hydrogen) atoms. The second-order valence-corrected chi connectivity index (χ2v) is 15.6. The summed E-state index contributed by atoms with van der Waals surface area (Å²) in [6, 6.07) is 0. The molecule has 2 unspecified atom stereocenters. The zero-order chi connectivity index (χ0) is 39.4. The predicted octanol–water partition coefficient (Wildman–Crippen LogP) is 11.3.